The highest BCUT2D eigenvalue weighted by Crippen LogP contribution is 2.23. The minimum Gasteiger partial charge on any atom is -0.438 e. The largest absolute Gasteiger partial charge is 0.438 e. The van der Waals surface area contributed by atoms with Crippen LogP contribution in [0.25, 0.3) is 11.2 Å². The summed E-state index contributed by atoms with van der Waals surface area (Å²) in [7, 11) is 2.08. The second-order valence-corrected chi connectivity index (χ2v) is 11.0. The van der Waals surface area contributed by atoms with Crippen molar-refractivity contribution in [3.63, 3.8) is 0 Å². The van der Waals surface area contributed by atoms with Gasteiger partial charge in [-0.25, -0.2) is 19.0 Å². The topological polar surface area (TPSA) is 141 Å². The molecule has 1 fully saturated rings. The van der Waals surface area contributed by atoms with Gasteiger partial charge in [0.05, 0.1) is 6.54 Å². The molecule has 2 aromatic rings. The molecule has 228 valence electrons. The number of imidazole rings is 1. The van der Waals surface area contributed by atoms with Crippen molar-refractivity contribution < 1.29 is 24.2 Å². The zero-order valence-electron chi connectivity index (χ0n) is 24.8. The van der Waals surface area contributed by atoms with Gasteiger partial charge in [0.2, 0.25) is 0 Å². The summed E-state index contributed by atoms with van der Waals surface area (Å²) in [5.74, 6) is 4.22. The zero-order chi connectivity index (χ0) is 30.4. The molecule has 4 rings (SSSR count). The summed E-state index contributed by atoms with van der Waals surface area (Å²) >= 11 is 0. The van der Waals surface area contributed by atoms with Gasteiger partial charge in [-0.1, -0.05) is 25.7 Å². The van der Waals surface area contributed by atoms with Gasteiger partial charge < -0.3 is 19.5 Å². The number of nitrogens with zero attached hydrogens (tertiary/aromatic N) is 6. The molecular formula is C29H40N6O7. The first-order valence-corrected chi connectivity index (χ1v) is 14.5. The first-order chi connectivity index (χ1) is 20.0. The second-order valence-electron chi connectivity index (χ2n) is 11.0. The van der Waals surface area contributed by atoms with Crippen molar-refractivity contribution in [2.24, 2.45) is 0 Å². The molecule has 0 saturated carbocycles. The molecule has 13 nitrogen and oxygen atoms in total. The SMILES string of the molecule is CCCn1c2nc3c1c(=O)n(c(=O)n3CCC)C(CCCC(C)(O)C#CCN1CCN(C)CC1)OC(=O)/C=C/C(=O)O2. The quantitative estimate of drug-likeness (QED) is 0.333. The molecule has 0 radical (unpaired) electrons. The van der Waals surface area contributed by atoms with Crippen LogP contribution in [0.3, 0.4) is 0 Å². The molecule has 1 saturated heterocycles. The number of likely N-dealkylation sites (N-methyl/N-ethyl adjacent to an activating group) is 1. The van der Waals surface area contributed by atoms with Crippen LogP contribution in [0, 0.1) is 11.8 Å². The van der Waals surface area contributed by atoms with Crippen molar-refractivity contribution in [1.82, 2.24) is 28.5 Å². The summed E-state index contributed by atoms with van der Waals surface area (Å²) in [5, 5.41) is 10.9. The van der Waals surface area contributed by atoms with E-state index in [2.05, 4.69) is 33.7 Å². The summed E-state index contributed by atoms with van der Waals surface area (Å²) in [6.07, 6.45) is 2.25. The molecule has 4 heterocycles. The Balaban J connectivity index is 1.65. The molecular weight excluding hydrogens is 544 g/mol. The molecule has 2 aliphatic heterocycles. The summed E-state index contributed by atoms with van der Waals surface area (Å²) in [5.41, 5.74) is -2.52. The van der Waals surface area contributed by atoms with E-state index in [-0.39, 0.29) is 43.0 Å². The molecule has 42 heavy (non-hydrogen) atoms. The fraction of sp³-hybridized carbons (Fsp3) is 0.621. The van der Waals surface area contributed by atoms with Crippen molar-refractivity contribution in [2.45, 2.75) is 77.8 Å². The van der Waals surface area contributed by atoms with Crippen LogP contribution in [0.5, 0.6) is 6.01 Å². The Bertz CT molecular complexity index is 1520. The van der Waals surface area contributed by atoms with Crippen LogP contribution in [0.2, 0.25) is 0 Å². The van der Waals surface area contributed by atoms with Crippen LogP contribution in [0.4, 0.5) is 0 Å². The highest BCUT2D eigenvalue weighted by Gasteiger charge is 2.29. The number of rotatable bonds is 9. The summed E-state index contributed by atoms with van der Waals surface area (Å²) < 4.78 is 14.7. The Morgan fingerprint density at radius 3 is 2.38 bits per heavy atom. The number of aromatic nitrogens is 4. The summed E-state index contributed by atoms with van der Waals surface area (Å²) in [4.78, 5) is 61.5. The third kappa shape index (κ3) is 7.18. The van der Waals surface area contributed by atoms with Crippen LogP contribution in [0.1, 0.15) is 59.1 Å². The molecule has 3 bridgehead atoms. The number of fused-ring (bicyclic) bond motifs is 2. The lowest BCUT2D eigenvalue weighted by molar-refractivity contribution is -0.149. The lowest BCUT2D eigenvalue weighted by Gasteiger charge is -2.31. The molecule has 0 spiro atoms. The van der Waals surface area contributed by atoms with E-state index in [4.69, 9.17) is 9.47 Å². The highest BCUT2D eigenvalue weighted by atomic mass is 16.6. The Morgan fingerprint density at radius 1 is 1.02 bits per heavy atom. The van der Waals surface area contributed by atoms with Gasteiger partial charge in [-0.3, -0.25) is 18.8 Å². The number of piperazine rings is 1. The monoisotopic (exact) mass is 584 g/mol. The van der Waals surface area contributed by atoms with Gasteiger partial charge in [0.15, 0.2) is 17.4 Å². The lowest BCUT2D eigenvalue weighted by Crippen LogP contribution is -2.44. The van der Waals surface area contributed by atoms with Crippen LogP contribution in [-0.4, -0.2) is 90.9 Å². The first kappa shape index (κ1) is 31.2. The van der Waals surface area contributed by atoms with Crippen LogP contribution < -0.4 is 16.0 Å². The van der Waals surface area contributed by atoms with E-state index < -0.39 is 35.0 Å². The van der Waals surface area contributed by atoms with Crippen LogP contribution >= 0.6 is 0 Å². The number of hydrogen-bond donors (Lipinski definition) is 1. The van der Waals surface area contributed by atoms with Gasteiger partial charge in [0.25, 0.3) is 5.56 Å². The minimum atomic E-state index is -1.32. The number of carbonyl (C=O) groups is 2. The zero-order valence-corrected chi connectivity index (χ0v) is 24.8. The average molecular weight is 585 g/mol. The number of cyclic esters (lactones) is 1. The van der Waals surface area contributed by atoms with Crippen LogP contribution in [-0.2, 0) is 27.4 Å². The molecule has 13 heteroatoms. The molecule has 2 aromatic heterocycles. The summed E-state index contributed by atoms with van der Waals surface area (Å²) in [6, 6.07) is -0.128. The predicted molar refractivity (Wildman–Crippen MR) is 155 cm³/mol. The van der Waals surface area contributed by atoms with E-state index >= 15 is 0 Å². The third-order valence-corrected chi connectivity index (χ3v) is 7.38. The van der Waals surface area contributed by atoms with E-state index in [1.165, 1.54) is 9.13 Å². The van der Waals surface area contributed by atoms with Crippen molar-refractivity contribution in [3.05, 3.63) is 33.0 Å². The van der Waals surface area contributed by atoms with Crippen molar-refractivity contribution in [2.75, 3.05) is 39.8 Å². The van der Waals surface area contributed by atoms with Gasteiger partial charge in [0, 0.05) is 57.8 Å². The smallest absolute Gasteiger partial charge is 0.338 e. The Morgan fingerprint density at radius 2 is 1.69 bits per heavy atom. The van der Waals surface area contributed by atoms with E-state index in [1.54, 1.807) is 6.92 Å². The Hall–Kier alpha value is -3.73. The van der Waals surface area contributed by atoms with Crippen molar-refractivity contribution in [1.29, 1.82) is 0 Å². The molecule has 1 N–H and O–H groups in total. The van der Waals surface area contributed by atoms with Crippen LogP contribution in [0.15, 0.2) is 21.7 Å². The number of aryl methyl sites for hydroxylation is 2. The van der Waals surface area contributed by atoms with Gasteiger partial charge in [-0.15, -0.1) is 0 Å². The van der Waals surface area contributed by atoms with Crippen molar-refractivity contribution in [3.8, 4) is 17.9 Å². The van der Waals surface area contributed by atoms with E-state index in [9.17, 15) is 24.3 Å². The van der Waals surface area contributed by atoms with E-state index in [0.717, 1.165) is 42.9 Å². The van der Waals surface area contributed by atoms with Gasteiger partial charge in [-0.05, 0) is 39.7 Å². The minimum absolute atomic E-state index is 0.0574. The number of ether oxygens (including phenoxy) is 2. The maximum Gasteiger partial charge on any atom is 0.338 e. The molecule has 0 amide bonds. The number of hydrogen-bond acceptors (Lipinski definition) is 10. The number of carbonyl (C=O) groups excluding carboxylic acids is 2. The van der Waals surface area contributed by atoms with E-state index in [1.807, 2.05) is 13.8 Å². The normalized spacial score (nSPS) is 20.4. The molecule has 0 aliphatic carbocycles. The second kappa shape index (κ2) is 13.5. The van der Waals surface area contributed by atoms with Gasteiger partial charge in [-0.2, -0.15) is 4.98 Å². The van der Waals surface area contributed by atoms with Crippen molar-refractivity contribution >= 4 is 23.1 Å². The maximum atomic E-state index is 13.9. The lowest BCUT2D eigenvalue weighted by atomic mass is 9.99. The molecule has 2 atom stereocenters. The predicted octanol–water partition coefficient (Wildman–Crippen LogP) is 0.869. The summed E-state index contributed by atoms with van der Waals surface area (Å²) in [6.45, 7) is 10.3. The Kier molecular flexibility index (Phi) is 10.0. The van der Waals surface area contributed by atoms with Gasteiger partial charge in [0.1, 0.15) is 5.60 Å². The standard InChI is InChI=1S/C29H40N6O7/c1-5-14-33-24-25-30-27(33)42-23(37)11-10-22(36)41-21(35(26(24)38)28(39)34(25)15-6-2)9-7-12-29(3,40)13-8-16-32-19-17-31(4)18-20-32/h10-11,21,40H,5-7,9,12,14-20H2,1-4H3/b11-10+. The molecule has 2 unspecified atom stereocenters. The fourth-order valence-corrected chi connectivity index (χ4v) is 5.13. The molecule has 0 aromatic carbocycles. The maximum absolute atomic E-state index is 13.9. The number of esters is 2. The number of aliphatic hydroxyl groups is 1. The average Bonchev–Trinajstić information content (AvgIpc) is 3.28. The Labute approximate surface area is 244 Å². The van der Waals surface area contributed by atoms with Gasteiger partial charge >= 0.3 is 23.6 Å². The highest BCUT2D eigenvalue weighted by molar-refractivity contribution is 5.92. The first-order valence-electron chi connectivity index (χ1n) is 14.5. The molecule has 2 aliphatic rings. The van der Waals surface area contributed by atoms with E-state index in [0.29, 0.717) is 25.9 Å². The third-order valence-electron chi connectivity index (χ3n) is 7.38. The fourth-order valence-electron chi connectivity index (χ4n) is 5.13.